The third kappa shape index (κ3) is 14.3. The van der Waals surface area contributed by atoms with E-state index in [2.05, 4.69) is 52.0 Å². The molecule has 2 aliphatic heterocycles. The Morgan fingerprint density at radius 2 is 0.827 bits per heavy atom. The highest BCUT2D eigenvalue weighted by molar-refractivity contribution is 5.23. The lowest BCUT2D eigenvalue weighted by Gasteiger charge is -2.40. The molecule has 4 heteroatoms. The summed E-state index contributed by atoms with van der Waals surface area (Å²) in [7, 11) is 0. The molecule has 0 spiro atoms. The fourth-order valence-electron chi connectivity index (χ4n) is 10.0. The van der Waals surface area contributed by atoms with Crippen LogP contribution in [0.25, 0.3) is 0 Å². The van der Waals surface area contributed by atoms with Gasteiger partial charge in [-0.05, 0) is 127 Å². The topological polar surface area (TPSA) is 36.9 Å². The average Bonchev–Trinajstić information content (AvgIpc) is 3.17. The van der Waals surface area contributed by atoms with E-state index in [1.165, 1.54) is 178 Å². The molecule has 4 aliphatic rings. The maximum atomic E-state index is 6.49. The van der Waals surface area contributed by atoms with Gasteiger partial charge in [0.15, 0.2) is 12.6 Å². The van der Waals surface area contributed by atoms with Crippen molar-refractivity contribution in [3.63, 3.8) is 0 Å². The maximum absolute atomic E-state index is 6.49. The van der Waals surface area contributed by atoms with E-state index in [0.717, 1.165) is 25.0 Å². The first-order valence-electron chi connectivity index (χ1n) is 23.1. The molecule has 2 heterocycles. The number of ether oxygens (including phenoxy) is 4. The standard InChI is InChI=1S/C48H82O4/c1-5-7-9-11-13-15-17-45-35-49-47(51-37(45)3)43-31-27-41(28-32-43)25-23-39-19-21-40(22-20-39)24-26-42-29-33-44(34-30-42)48-50-36-46(38(4)52-48)18-16-14-12-10-8-6-2/h19-22,37-38,41-48H,5-18,23-36H2,1-4H3. The van der Waals surface area contributed by atoms with Crippen molar-refractivity contribution in [2.45, 2.75) is 219 Å². The van der Waals surface area contributed by atoms with Crippen LogP contribution in [0, 0.1) is 35.5 Å². The van der Waals surface area contributed by atoms with E-state index in [0.29, 0.717) is 35.9 Å². The Hall–Kier alpha value is -0.940. The van der Waals surface area contributed by atoms with Gasteiger partial charge in [-0.25, -0.2) is 0 Å². The first kappa shape index (κ1) is 42.2. The molecule has 2 aliphatic carbocycles. The Morgan fingerprint density at radius 1 is 0.462 bits per heavy atom. The number of benzene rings is 1. The molecule has 6 atom stereocenters. The summed E-state index contributed by atoms with van der Waals surface area (Å²) in [5, 5.41) is 0. The maximum Gasteiger partial charge on any atom is 0.160 e. The number of aryl methyl sites for hydroxylation is 2. The predicted octanol–water partition coefficient (Wildman–Crippen LogP) is 13.4. The Bertz CT molecular complexity index is 958. The average molecular weight is 723 g/mol. The highest BCUT2D eigenvalue weighted by Gasteiger charge is 2.37. The number of hydrogen-bond acceptors (Lipinski definition) is 4. The minimum absolute atomic E-state index is 0.0376. The lowest BCUT2D eigenvalue weighted by molar-refractivity contribution is -0.258. The molecule has 5 rings (SSSR count). The molecule has 0 radical (unpaired) electrons. The van der Waals surface area contributed by atoms with Crippen LogP contribution in [0.15, 0.2) is 24.3 Å². The van der Waals surface area contributed by atoms with Gasteiger partial charge in [-0.2, -0.15) is 0 Å². The number of rotatable bonds is 22. The fourth-order valence-corrected chi connectivity index (χ4v) is 10.0. The second kappa shape index (κ2) is 23.9. The van der Waals surface area contributed by atoms with Crippen LogP contribution >= 0.6 is 0 Å². The largest absolute Gasteiger partial charge is 0.352 e. The molecule has 0 amide bonds. The summed E-state index contributed by atoms with van der Waals surface area (Å²) in [6.07, 6.45) is 35.2. The van der Waals surface area contributed by atoms with Crippen molar-refractivity contribution in [3.8, 4) is 0 Å². The van der Waals surface area contributed by atoms with E-state index >= 15 is 0 Å². The minimum Gasteiger partial charge on any atom is -0.352 e. The summed E-state index contributed by atoms with van der Waals surface area (Å²) < 4.78 is 25.7. The molecule has 0 bridgehead atoms. The SMILES string of the molecule is CCCCCCCCC1COC(C2CCC(CCc3ccc(CCC4CCC(C5OCC(CCCCCCCC)C(C)O5)CC4)cc3)CC2)OC1C. The Labute approximate surface area is 321 Å². The van der Waals surface area contributed by atoms with Crippen molar-refractivity contribution in [2.75, 3.05) is 13.2 Å². The first-order valence-corrected chi connectivity index (χ1v) is 23.1. The summed E-state index contributed by atoms with van der Waals surface area (Å²) in [4.78, 5) is 0. The van der Waals surface area contributed by atoms with Crippen LogP contribution in [0.3, 0.4) is 0 Å². The van der Waals surface area contributed by atoms with Crippen LogP contribution < -0.4 is 0 Å². The highest BCUT2D eigenvalue weighted by atomic mass is 16.7. The quantitative estimate of drug-likeness (QED) is 0.112. The number of hydrogen-bond donors (Lipinski definition) is 0. The Balaban J connectivity index is 0.893. The van der Waals surface area contributed by atoms with Crippen molar-refractivity contribution in [1.29, 1.82) is 0 Å². The second-order valence-electron chi connectivity index (χ2n) is 18.2. The van der Waals surface area contributed by atoms with Crippen LogP contribution in [-0.4, -0.2) is 38.0 Å². The van der Waals surface area contributed by atoms with E-state index in [-0.39, 0.29) is 12.6 Å². The van der Waals surface area contributed by atoms with Crippen LogP contribution in [0.4, 0.5) is 0 Å². The molecule has 52 heavy (non-hydrogen) atoms. The van der Waals surface area contributed by atoms with Crippen molar-refractivity contribution in [1.82, 2.24) is 0 Å². The zero-order valence-corrected chi connectivity index (χ0v) is 34.5. The Kier molecular flexibility index (Phi) is 19.4. The van der Waals surface area contributed by atoms with Crippen molar-refractivity contribution >= 4 is 0 Å². The van der Waals surface area contributed by atoms with Crippen LogP contribution in [0.1, 0.15) is 193 Å². The molecule has 2 saturated carbocycles. The van der Waals surface area contributed by atoms with Gasteiger partial charge >= 0.3 is 0 Å². The van der Waals surface area contributed by atoms with Crippen molar-refractivity contribution in [2.24, 2.45) is 35.5 Å². The monoisotopic (exact) mass is 723 g/mol. The van der Waals surface area contributed by atoms with Gasteiger partial charge in [0.25, 0.3) is 0 Å². The van der Waals surface area contributed by atoms with Gasteiger partial charge in [0.05, 0.1) is 25.4 Å². The van der Waals surface area contributed by atoms with Crippen LogP contribution in [-0.2, 0) is 31.8 Å². The van der Waals surface area contributed by atoms with Crippen molar-refractivity contribution in [3.05, 3.63) is 35.4 Å². The lowest BCUT2D eigenvalue weighted by atomic mass is 9.78. The van der Waals surface area contributed by atoms with Gasteiger partial charge in [-0.3, -0.25) is 0 Å². The normalized spacial score (nSPS) is 32.9. The summed E-state index contributed by atoms with van der Waals surface area (Å²) in [5.41, 5.74) is 3.04. The Morgan fingerprint density at radius 3 is 1.19 bits per heavy atom. The third-order valence-corrected chi connectivity index (χ3v) is 14.1. The fraction of sp³-hybridized carbons (Fsp3) is 0.875. The zero-order valence-electron chi connectivity index (χ0n) is 34.5. The number of unbranched alkanes of at least 4 members (excludes halogenated alkanes) is 10. The smallest absolute Gasteiger partial charge is 0.160 e. The highest BCUT2D eigenvalue weighted by Crippen LogP contribution is 2.39. The van der Waals surface area contributed by atoms with E-state index in [9.17, 15) is 0 Å². The summed E-state index contributed by atoms with van der Waals surface area (Å²) >= 11 is 0. The van der Waals surface area contributed by atoms with Crippen LogP contribution in [0.2, 0.25) is 0 Å². The molecule has 298 valence electrons. The van der Waals surface area contributed by atoms with Crippen molar-refractivity contribution < 1.29 is 18.9 Å². The zero-order chi connectivity index (χ0) is 36.4. The minimum atomic E-state index is 0.0376. The molecule has 6 unspecified atom stereocenters. The lowest BCUT2D eigenvalue weighted by Crippen LogP contribution is -2.42. The van der Waals surface area contributed by atoms with Gasteiger partial charge < -0.3 is 18.9 Å². The van der Waals surface area contributed by atoms with Crippen LogP contribution in [0.5, 0.6) is 0 Å². The third-order valence-electron chi connectivity index (χ3n) is 14.1. The van der Waals surface area contributed by atoms with Gasteiger partial charge in [0.2, 0.25) is 0 Å². The van der Waals surface area contributed by atoms with Gasteiger partial charge in [0, 0.05) is 23.7 Å². The molecular weight excluding hydrogens is 641 g/mol. The van der Waals surface area contributed by atoms with Gasteiger partial charge in [-0.1, -0.05) is 115 Å². The molecular formula is C48H82O4. The van der Waals surface area contributed by atoms with E-state index in [4.69, 9.17) is 18.9 Å². The van der Waals surface area contributed by atoms with E-state index < -0.39 is 0 Å². The predicted molar refractivity (Wildman–Crippen MR) is 218 cm³/mol. The first-order chi connectivity index (χ1) is 25.5. The van der Waals surface area contributed by atoms with Gasteiger partial charge in [-0.15, -0.1) is 0 Å². The molecule has 1 aromatic carbocycles. The summed E-state index contributed by atoms with van der Waals surface area (Å²) in [6, 6.07) is 9.68. The second-order valence-corrected chi connectivity index (χ2v) is 18.2. The molecule has 1 aromatic rings. The van der Waals surface area contributed by atoms with Gasteiger partial charge in [0.1, 0.15) is 0 Å². The summed E-state index contributed by atoms with van der Waals surface area (Å²) in [6.45, 7) is 11.0. The van der Waals surface area contributed by atoms with E-state index in [1.807, 2.05) is 0 Å². The molecule has 4 fully saturated rings. The molecule has 0 aromatic heterocycles. The van der Waals surface area contributed by atoms with E-state index in [1.54, 1.807) is 0 Å². The molecule has 2 saturated heterocycles. The molecule has 4 nitrogen and oxygen atoms in total. The summed E-state index contributed by atoms with van der Waals surface area (Å²) in [5.74, 6) is 4.05. The molecule has 0 N–H and O–H groups in total.